The van der Waals surface area contributed by atoms with Gasteiger partial charge in [0.25, 0.3) is 0 Å². The van der Waals surface area contributed by atoms with Gasteiger partial charge in [0.15, 0.2) is 0 Å². The summed E-state index contributed by atoms with van der Waals surface area (Å²) in [6, 6.07) is 19.6. The van der Waals surface area contributed by atoms with E-state index in [1.165, 1.54) is 30.0 Å². The number of carbonyl (C=O) groups excluding carboxylic acids is 1. The summed E-state index contributed by atoms with van der Waals surface area (Å²) in [5.41, 5.74) is 4.32. The fourth-order valence-corrected chi connectivity index (χ4v) is 6.94. The first-order valence-corrected chi connectivity index (χ1v) is 14.8. The molecule has 0 spiro atoms. The van der Waals surface area contributed by atoms with Gasteiger partial charge in [-0.3, -0.25) is 4.79 Å². The third-order valence-electron chi connectivity index (χ3n) is 7.62. The van der Waals surface area contributed by atoms with Gasteiger partial charge in [0.2, 0.25) is 15.7 Å². The van der Waals surface area contributed by atoms with Crippen LogP contribution in [0.5, 0.6) is 5.75 Å². The summed E-state index contributed by atoms with van der Waals surface area (Å²) < 4.78 is 32.5. The van der Waals surface area contributed by atoms with Gasteiger partial charge in [0.05, 0.1) is 22.6 Å². The molecule has 2 fully saturated rings. The summed E-state index contributed by atoms with van der Waals surface area (Å²) in [6.45, 7) is 8.71. The lowest BCUT2D eigenvalue weighted by Gasteiger charge is -2.41. The van der Waals surface area contributed by atoms with Gasteiger partial charge in [-0.25, -0.2) is 8.42 Å². The summed E-state index contributed by atoms with van der Waals surface area (Å²) in [4.78, 5) is 20.3. The highest BCUT2D eigenvalue weighted by Gasteiger charge is 2.33. The first-order valence-electron chi connectivity index (χ1n) is 13.4. The van der Waals surface area contributed by atoms with Crippen LogP contribution < -0.4 is 19.9 Å². The molecular weight excluding hydrogens is 512 g/mol. The van der Waals surface area contributed by atoms with E-state index in [4.69, 9.17) is 4.74 Å². The van der Waals surface area contributed by atoms with E-state index in [9.17, 15) is 13.2 Å². The van der Waals surface area contributed by atoms with Crippen molar-refractivity contribution in [2.75, 3.05) is 62.7 Å². The van der Waals surface area contributed by atoms with Crippen LogP contribution in [0.4, 0.5) is 11.4 Å². The Hall–Kier alpha value is -3.56. The molecule has 3 aromatic rings. The maximum absolute atomic E-state index is 13.6. The van der Waals surface area contributed by atoms with Crippen molar-refractivity contribution in [1.82, 2.24) is 10.2 Å². The Labute approximate surface area is 231 Å². The van der Waals surface area contributed by atoms with Crippen molar-refractivity contribution in [3.8, 4) is 5.75 Å². The molecule has 1 unspecified atom stereocenters. The molecule has 2 heterocycles. The Morgan fingerprint density at radius 3 is 2.41 bits per heavy atom. The molecule has 1 amide bonds. The first-order chi connectivity index (χ1) is 18.8. The Morgan fingerprint density at radius 1 is 0.872 bits per heavy atom. The second kappa shape index (κ2) is 11.3. The maximum Gasteiger partial charge on any atom is 0.241 e. The van der Waals surface area contributed by atoms with Crippen LogP contribution in [0.15, 0.2) is 76.5 Å². The normalized spacial score (nSPS) is 18.2. The number of nitrogens with zero attached hydrogens (tertiary/aromatic N) is 3. The Kier molecular flexibility index (Phi) is 7.81. The summed E-state index contributed by atoms with van der Waals surface area (Å²) in [5, 5.41) is 3.37. The number of methoxy groups -OCH3 is 1. The molecular formula is C30H36N4O4S. The number of aryl methyl sites for hydroxylation is 2. The number of hydrogen-bond acceptors (Lipinski definition) is 7. The lowest BCUT2D eigenvalue weighted by molar-refractivity contribution is -0.133. The Balaban J connectivity index is 1.30. The predicted molar refractivity (Wildman–Crippen MR) is 154 cm³/mol. The topological polar surface area (TPSA) is 82.2 Å². The van der Waals surface area contributed by atoms with Crippen molar-refractivity contribution in [3.63, 3.8) is 0 Å². The van der Waals surface area contributed by atoms with Gasteiger partial charge in [0, 0.05) is 51.5 Å². The maximum atomic E-state index is 13.6. The van der Waals surface area contributed by atoms with E-state index in [1.54, 1.807) is 30.3 Å². The lowest BCUT2D eigenvalue weighted by Crippen LogP contribution is -2.60. The van der Waals surface area contributed by atoms with E-state index < -0.39 is 15.9 Å². The van der Waals surface area contributed by atoms with Gasteiger partial charge in [-0.15, -0.1) is 0 Å². The van der Waals surface area contributed by atoms with Crippen LogP contribution in [0.1, 0.15) is 11.1 Å². The monoisotopic (exact) mass is 548 g/mol. The average Bonchev–Trinajstić information content (AvgIpc) is 2.98. The SMILES string of the molecule is COc1cccc(S(=O)(=O)c2ccccc2N2CCNC(C(=O)N3CCN(c4cc(C)ccc4C)CC3)C2)c1. The Bertz CT molecular complexity index is 1450. The fraction of sp³-hybridized carbons (Fsp3) is 0.367. The van der Waals surface area contributed by atoms with E-state index in [0.717, 1.165) is 13.1 Å². The lowest BCUT2D eigenvalue weighted by atomic mass is 10.1. The summed E-state index contributed by atoms with van der Waals surface area (Å²) in [7, 11) is -2.28. The number of para-hydroxylation sites is 1. The number of benzene rings is 3. The third kappa shape index (κ3) is 5.60. The number of amides is 1. The molecule has 3 aromatic carbocycles. The molecule has 0 aromatic heterocycles. The smallest absolute Gasteiger partial charge is 0.241 e. The van der Waals surface area contributed by atoms with Gasteiger partial charge in [-0.05, 0) is 61.4 Å². The zero-order valence-electron chi connectivity index (χ0n) is 22.8. The fourth-order valence-electron chi connectivity index (χ4n) is 5.42. The van der Waals surface area contributed by atoms with E-state index in [0.29, 0.717) is 44.2 Å². The molecule has 2 aliphatic heterocycles. The molecule has 5 rings (SSSR count). The highest BCUT2D eigenvalue weighted by Crippen LogP contribution is 2.32. The largest absolute Gasteiger partial charge is 0.497 e. The van der Waals surface area contributed by atoms with Gasteiger partial charge in [-0.2, -0.15) is 0 Å². The summed E-state index contributed by atoms with van der Waals surface area (Å²) >= 11 is 0. The average molecular weight is 549 g/mol. The summed E-state index contributed by atoms with van der Waals surface area (Å²) in [6.07, 6.45) is 0. The van der Waals surface area contributed by atoms with E-state index in [-0.39, 0.29) is 15.7 Å². The Morgan fingerprint density at radius 2 is 1.64 bits per heavy atom. The number of piperazine rings is 2. The molecule has 0 radical (unpaired) electrons. The quantitative estimate of drug-likeness (QED) is 0.506. The van der Waals surface area contributed by atoms with Gasteiger partial charge >= 0.3 is 0 Å². The van der Waals surface area contributed by atoms with Gasteiger partial charge < -0.3 is 24.8 Å². The molecule has 9 heteroatoms. The van der Waals surface area contributed by atoms with Crippen LogP contribution in [0, 0.1) is 13.8 Å². The molecule has 0 aliphatic carbocycles. The van der Waals surface area contributed by atoms with Crippen molar-refractivity contribution in [2.24, 2.45) is 0 Å². The minimum atomic E-state index is -3.79. The van der Waals surface area contributed by atoms with Crippen molar-refractivity contribution in [1.29, 1.82) is 0 Å². The predicted octanol–water partition coefficient (Wildman–Crippen LogP) is 3.27. The molecule has 8 nitrogen and oxygen atoms in total. The first kappa shape index (κ1) is 27.0. The van der Waals surface area contributed by atoms with Crippen LogP contribution in [0.3, 0.4) is 0 Å². The zero-order chi connectivity index (χ0) is 27.6. The number of ether oxygens (including phenoxy) is 1. The molecule has 206 valence electrons. The van der Waals surface area contributed by atoms with E-state index in [2.05, 4.69) is 42.3 Å². The van der Waals surface area contributed by atoms with Gasteiger partial charge in [0.1, 0.15) is 11.8 Å². The number of nitrogens with one attached hydrogen (secondary N) is 1. The van der Waals surface area contributed by atoms with E-state index >= 15 is 0 Å². The summed E-state index contributed by atoms with van der Waals surface area (Å²) in [5.74, 6) is 0.549. The number of anilines is 2. The standard InChI is InChI=1S/C30H36N4O4S/c1-22-11-12-23(2)28(19-22)32-15-17-33(18-16-32)30(35)26-21-34(14-13-31-26)27-9-4-5-10-29(27)39(36,37)25-8-6-7-24(20-25)38-3/h4-12,19-20,26,31H,13-18,21H2,1-3H3. The van der Waals surface area contributed by atoms with Crippen LogP contribution in [-0.4, -0.2) is 78.2 Å². The minimum Gasteiger partial charge on any atom is -0.497 e. The van der Waals surface area contributed by atoms with Crippen molar-refractivity contribution < 1.29 is 17.9 Å². The molecule has 0 bridgehead atoms. The molecule has 1 atom stereocenters. The van der Waals surface area contributed by atoms with Crippen molar-refractivity contribution >= 4 is 27.1 Å². The molecule has 39 heavy (non-hydrogen) atoms. The van der Waals surface area contributed by atoms with Crippen LogP contribution >= 0.6 is 0 Å². The number of hydrogen-bond donors (Lipinski definition) is 1. The molecule has 1 N–H and O–H groups in total. The van der Waals surface area contributed by atoms with Crippen LogP contribution in [0.25, 0.3) is 0 Å². The number of sulfone groups is 1. The zero-order valence-corrected chi connectivity index (χ0v) is 23.6. The molecule has 0 saturated carbocycles. The van der Waals surface area contributed by atoms with Crippen LogP contribution in [-0.2, 0) is 14.6 Å². The highest BCUT2D eigenvalue weighted by atomic mass is 32.2. The highest BCUT2D eigenvalue weighted by molar-refractivity contribution is 7.91. The minimum absolute atomic E-state index is 0.0634. The van der Waals surface area contributed by atoms with Crippen molar-refractivity contribution in [2.45, 2.75) is 29.7 Å². The second-order valence-electron chi connectivity index (χ2n) is 10.2. The van der Waals surface area contributed by atoms with Crippen LogP contribution in [0.2, 0.25) is 0 Å². The molecule has 2 saturated heterocycles. The molecule has 2 aliphatic rings. The second-order valence-corrected chi connectivity index (χ2v) is 12.1. The van der Waals surface area contributed by atoms with E-state index in [1.807, 2.05) is 21.9 Å². The van der Waals surface area contributed by atoms with Gasteiger partial charge in [-0.1, -0.05) is 30.3 Å². The third-order valence-corrected chi connectivity index (χ3v) is 9.42. The number of rotatable bonds is 6. The number of carbonyl (C=O) groups is 1. The van der Waals surface area contributed by atoms with Crippen molar-refractivity contribution in [3.05, 3.63) is 77.9 Å².